The lowest BCUT2D eigenvalue weighted by atomic mass is 10.1. The van der Waals surface area contributed by atoms with Crippen LogP contribution >= 0.6 is 0 Å². The van der Waals surface area contributed by atoms with Gasteiger partial charge in [-0.15, -0.1) is 0 Å². The highest BCUT2D eigenvalue weighted by molar-refractivity contribution is 5.67. The minimum absolute atomic E-state index is 0.119. The second-order valence-electron chi connectivity index (χ2n) is 5.60. The van der Waals surface area contributed by atoms with E-state index in [0.29, 0.717) is 5.69 Å². The number of pyridine rings is 1. The van der Waals surface area contributed by atoms with Crippen LogP contribution in [-0.4, -0.2) is 39.5 Å². The van der Waals surface area contributed by atoms with E-state index in [9.17, 15) is 15.0 Å². The summed E-state index contributed by atoms with van der Waals surface area (Å²) in [4.78, 5) is 15.5. The number of alkyl carbamates (subject to hydrolysis) is 1. The highest BCUT2D eigenvalue weighted by atomic mass is 16.6. The number of hydrogen-bond acceptors (Lipinski definition) is 5. The van der Waals surface area contributed by atoms with Gasteiger partial charge in [0.2, 0.25) is 0 Å². The number of amides is 1. The summed E-state index contributed by atoms with van der Waals surface area (Å²) >= 11 is 0. The fourth-order valence-corrected chi connectivity index (χ4v) is 1.60. The molecule has 0 saturated heterocycles. The zero-order valence-corrected chi connectivity index (χ0v) is 12.3. The number of hydrogen-bond donors (Lipinski definition) is 3. The molecule has 3 N–H and O–H groups in total. The molecular formula is C14H22N2O4. The summed E-state index contributed by atoms with van der Waals surface area (Å²) in [6.45, 7) is 6.91. The van der Waals surface area contributed by atoms with Crippen molar-refractivity contribution in [3.8, 4) is 0 Å². The van der Waals surface area contributed by atoms with Gasteiger partial charge in [0.1, 0.15) is 17.8 Å². The van der Waals surface area contributed by atoms with Crippen LogP contribution in [0.2, 0.25) is 0 Å². The number of aliphatic hydroxyl groups is 2. The Morgan fingerprint density at radius 1 is 1.45 bits per heavy atom. The van der Waals surface area contributed by atoms with Crippen LogP contribution in [0.25, 0.3) is 0 Å². The van der Waals surface area contributed by atoms with Crippen LogP contribution in [-0.2, 0) is 4.74 Å². The lowest BCUT2D eigenvalue weighted by Crippen LogP contribution is -2.39. The minimum atomic E-state index is -1.16. The largest absolute Gasteiger partial charge is 0.444 e. The van der Waals surface area contributed by atoms with Gasteiger partial charge in [-0.05, 0) is 39.3 Å². The van der Waals surface area contributed by atoms with Gasteiger partial charge in [0.15, 0.2) is 0 Å². The van der Waals surface area contributed by atoms with Crippen molar-refractivity contribution in [1.29, 1.82) is 0 Å². The van der Waals surface area contributed by atoms with E-state index in [1.54, 1.807) is 46.0 Å². The number of aryl methyl sites for hydroxylation is 1. The Hall–Kier alpha value is -1.66. The third-order valence-electron chi connectivity index (χ3n) is 2.55. The molecule has 0 bridgehead atoms. The van der Waals surface area contributed by atoms with Crippen molar-refractivity contribution in [2.45, 2.75) is 45.5 Å². The molecule has 1 aromatic heterocycles. The van der Waals surface area contributed by atoms with E-state index < -0.39 is 23.9 Å². The second-order valence-corrected chi connectivity index (χ2v) is 5.60. The molecule has 1 heterocycles. The molecule has 0 spiro atoms. The summed E-state index contributed by atoms with van der Waals surface area (Å²) in [5.41, 5.74) is 0.563. The number of carbonyl (C=O) groups is 1. The first-order chi connectivity index (χ1) is 9.20. The van der Waals surface area contributed by atoms with Crippen molar-refractivity contribution in [3.63, 3.8) is 0 Å². The maximum absolute atomic E-state index is 11.4. The van der Waals surface area contributed by atoms with Crippen molar-refractivity contribution >= 4 is 6.09 Å². The molecule has 0 saturated carbocycles. The number of aromatic nitrogens is 1. The third kappa shape index (κ3) is 5.14. The molecule has 2 atom stereocenters. The Balaban J connectivity index is 2.53. The van der Waals surface area contributed by atoms with Gasteiger partial charge in [-0.1, -0.05) is 6.07 Å². The molecule has 0 aliphatic heterocycles. The lowest BCUT2D eigenvalue weighted by Gasteiger charge is -2.22. The lowest BCUT2D eigenvalue weighted by molar-refractivity contribution is 0.0105. The standard InChI is InChI=1S/C14H22N2O4/c1-9-6-5-7-15-11(9)12(18)10(17)8-16-13(19)20-14(2,3)4/h5-7,10,12,17-18H,8H2,1-4H3,(H,16,19). The molecule has 0 fully saturated rings. The molecule has 6 nitrogen and oxygen atoms in total. The molecule has 2 unspecified atom stereocenters. The number of carbonyl (C=O) groups excluding carboxylic acids is 1. The first kappa shape index (κ1) is 16.4. The van der Waals surface area contributed by atoms with E-state index in [2.05, 4.69) is 10.3 Å². The summed E-state index contributed by atoms with van der Waals surface area (Å²) in [6.07, 6.45) is -1.41. The van der Waals surface area contributed by atoms with Gasteiger partial charge >= 0.3 is 6.09 Å². The fourth-order valence-electron chi connectivity index (χ4n) is 1.60. The number of ether oxygens (including phenoxy) is 1. The van der Waals surface area contributed by atoms with Crippen LogP contribution in [0.4, 0.5) is 4.79 Å². The summed E-state index contributed by atoms with van der Waals surface area (Å²) in [5, 5.41) is 22.3. The van der Waals surface area contributed by atoms with Crippen LogP contribution in [0, 0.1) is 6.92 Å². The fraction of sp³-hybridized carbons (Fsp3) is 0.571. The Kier molecular flexibility index (Phi) is 5.47. The van der Waals surface area contributed by atoms with E-state index in [1.165, 1.54) is 0 Å². The van der Waals surface area contributed by atoms with Gasteiger partial charge in [-0.25, -0.2) is 4.79 Å². The predicted molar refractivity (Wildman–Crippen MR) is 74.2 cm³/mol. The Morgan fingerprint density at radius 3 is 2.65 bits per heavy atom. The van der Waals surface area contributed by atoms with E-state index in [4.69, 9.17) is 4.74 Å². The average molecular weight is 282 g/mol. The molecular weight excluding hydrogens is 260 g/mol. The van der Waals surface area contributed by atoms with Gasteiger partial charge in [0.25, 0.3) is 0 Å². The topological polar surface area (TPSA) is 91.7 Å². The normalized spacial score (nSPS) is 14.5. The number of rotatable bonds is 4. The molecule has 1 rings (SSSR count). The maximum atomic E-state index is 11.4. The monoisotopic (exact) mass is 282 g/mol. The van der Waals surface area contributed by atoms with E-state index in [-0.39, 0.29) is 6.54 Å². The van der Waals surface area contributed by atoms with Gasteiger partial charge in [0.05, 0.1) is 5.69 Å². The van der Waals surface area contributed by atoms with Crippen LogP contribution < -0.4 is 5.32 Å². The van der Waals surface area contributed by atoms with E-state index >= 15 is 0 Å². The summed E-state index contributed by atoms with van der Waals surface area (Å²) in [5.74, 6) is 0. The highest BCUT2D eigenvalue weighted by Crippen LogP contribution is 2.17. The van der Waals surface area contributed by atoms with Gasteiger partial charge in [-0.2, -0.15) is 0 Å². The Bertz CT molecular complexity index is 457. The smallest absolute Gasteiger partial charge is 0.407 e. The van der Waals surface area contributed by atoms with Crippen molar-refractivity contribution in [2.24, 2.45) is 0 Å². The average Bonchev–Trinajstić information content (AvgIpc) is 2.33. The molecule has 0 aliphatic carbocycles. The van der Waals surface area contributed by atoms with Crippen molar-refractivity contribution < 1.29 is 19.7 Å². The van der Waals surface area contributed by atoms with Crippen LogP contribution in [0.3, 0.4) is 0 Å². The molecule has 1 aromatic rings. The summed E-state index contributed by atoms with van der Waals surface area (Å²) in [6, 6.07) is 3.54. The highest BCUT2D eigenvalue weighted by Gasteiger charge is 2.23. The molecule has 1 amide bonds. The van der Waals surface area contributed by atoms with E-state index in [0.717, 1.165) is 5.56 Å². The predicted octanol–water partition coefficient (Wildman–Crippen LogP) is 1.31. The first-order valence-corrected chi connectivity index (χ1v) is 6.45. The van der Waals surface area contributed by atoms with E-state index in [1.807, 2.05) is 0 Å². The third-order valence-corrected chi connectivity index (χ3v) is 2.55. The molecule has 0 aliphatic rings. The summed E-state index contributed by atoms with van der Waals surface area (Å²) < 4.78 is 5.04. The van der Waals surface area contributed by atoms with Gasteiger partial charge in [-0.3, -0.25) is 4.98 Å². The van der Waals surface area contributed by atoms with Crippen molar-refractivity contribution in [2.75, 3.05) is 6.54 Å². The van der Waals surface area contributed by atoms with Crippen molar-refractivity contribution in [1.82, 2.24) is 10.3 Å². The van der Waals surface area contributed by atoms with Gasteiger partial charge < -0.3 is 20.3 Å². The Labute approximate surface area is 118 Å². The van der Waals surface area contributed by atoms with Crippen LogP contribution in [0.1, 0.15) is 38.1 Å². The minimum Gasteiger partial charge on any atom is -0.444 e. The van der Waals surface area contributed by atoms with Gasteiger partial charge in [0, 0.05) is 12.7 Å². The number of nitrogens with zero attached hydrogens (tertiary/aromatic N) is 1. The molecule has 20 heavy (non-hydrogen) atoms. The molecule has 112 valence electrons. The number of nitrogens with one attached hydrogen (secondary N) is 1. The van der Waals surface area contributed by atoms with Crippen LogP contribution in [0.5, 0.6) is 0 Å². The SMILES string of the molecule is Cc1cccnc1C(O)C(O)CNC(=O)OC(C)(C)C. The zero-order valence-electron chi connectivity index (χ0n) is 12.3. The van der Waals surface area contributed by atoms with Crippen molar-refractivity contribution in [3.05, 3.63) is 29.6 Å². The first-order valence-electron chi connectivity index (χ1n) is 6.45. The summed E-state index contributed by atoms with van der Waals surface area (Å²) in [7, 11) is 0. The number of aliphatic hydroxyl groups excluding tert-OH is 2. The zero-order chi connectivity index (χ0) is 15.3. The molecule has 0 aromatic carbocycles. The maximum Gasteiger partial charge on any atom is 0.407 e. The Morgan fingerprint density at radius 2 is 2.10 bits per heavy atom. The molecule has 0 radical (unpaired) electrons. The quantitative estimate of drug-likeness (QED) is 0.774. The second kappa shape index (κ2) is 6.67. The van der Waals surface area contributed by atoms with Crippen LogP contribution in [0.15, 0.2) is 18.3 Å². The molecule has 6 heteroatoms.